The number of rotatable bonds is 4. The van der Waals surface area contributed by atoms with Gasteiger partial charge in [-0.1, -0.05) is 6.92 Å². The lowest BCUT2D eigenvalue weighted by Crippen LogP contribution is -2.11. The summed E-state index contributed by atoms with van der Waals surface area (Å²) in [6, 6.07) is 0. The summed E-state index contributed by atoms with van der Waals surface area (Å²) in [5.41, 5.74) is 6.82. The molecule has 68 valence electrons. The number of hydrogen-bond acceptors (Lipinski definition) is 2. The molecule has 1 rings (SSSR count). The first-order valence-electron chi connectivity index (χ1n) is 4.40. The summed E-state index contributed by atoms with van der Waals surface area (Å²) in [5, 5.41) is 4.11. The Labute approximate surface area is 73.6 Å². The van der Waals surface area contributed by atoms with Crippen LogP contribution in [-0.4, -0.2) is 16.3 Å². The van der Waals surface area contributed by atoms with Crippen molar-refractivity contribution in [3.8, 4) is 0 Å². The average Bonchev–Trinajstić information content (AvgIpc) is 2.47. The first-order chi connectivity index (χ1) is 5.72. The zero-order valence-electron chi connectivity index (χ0n) is 7.83. The van der Waals surface area contributed by atoms with E-state index < -0.39 is 0 Å². The third kappa shape index (κ3) is 2.66. The first kappa shape index (κ1) is 9.26. The monoisotopic (exact) mass is 167 g/mol. The summed E-state index contributed by atoms with van der Waals surface area (Å²) >= 11 is 0. The van der Waals surface area contributed by atoms with Crippen LogP contribution in [0.3, 0.4) is 0 Å². The Hall–Kier alpha value is -0.830. The largest absolute Gasteiger partial charge is 0.330 e. The molecule has 3 nitrogen and oxygen atoms in total. The third-order valence-electron chi connectivity index (χ3n) is 2.09. The zero-order chi connectivity index (χ0) is 8.97. The minimum absolute atomic E-state index is 0.616. The van der Waals surface area contributed by atoms with E-state index in [9.17, 15) is 0 Å². The molecule has 3 heteroatoms. The maximum atomic E-state index is 5.52. The first-order valence-corrected chi connectivity index (χ1v) is 4.40. The summed E-state index contributed by atoms with van der Waals surface area (Å²) in [6.07, 6.45) is 6.22. The van der Waals surface area contributed by atoms with Crippen LogP contribution in [0.4, 0.5) is 0 Å². The second kappa shape index (κ2) is 4.26. The molecule has 1 atom stereocenters. The van der Waals surface area contributed by atoms with Crippen LogP contribution in [0.25, 0.3) is 0 Å². The van der Waals surface area contributed by atoms with E-state index in [2.05, 4.69) is 18.2 Å². The minimum Gasteiger partial charge on any atom is -0.330 e. The third-order valence-corrected chi connectivity index (χ3v) is 2.09. The van der Waals surface area contributed by atoms with Crippen molar-refractivity contribution in [2.75, 3.05) is 6.54 Å². The van der Waals surface area contributed by atoms with Crippen molar-refractivity contribution in [3.63, 3.8) is 0 Å². The SMILES string of the molecule is CC(CN)CCc1cnn(C)c1. The molecule has 0 fully saturated rings. The van der Waals surface area contributed by atoms with Gasteiger partial charge < -0.3 is 5.73 Å². The van der Waals surface area contributed by atoms with Crippen molar-refractivity contribution >= 4 is 0 Å². The van der Waals surface area contributed by atoms with Crippen molar-refractivity contribution in [2.24, 2.45) is 18.7 Å². The molecule has 0 radical (unpaired) electrons. The van der Waals surface area contributed by atoms with Crippen LogP contribution in [0.15, 0.2) is 12.4 Å². The summed E-state index contributed by atoms with van der Waals surface area (Å²) in [6.45, 7) is 2.95. The van der Waals surface area contributed by atoms with Crippen molar-refractivity contribution in [1.29, 1.82) is 0 Å². The molecule has 0 spiro atoms. The normalized spacial score (nSPS) is 13.2. The van der Waals surface area contributed by atoms with Crippen LogP contribution in [0, 0.1) is 5.92 Å². The van der Waals surface area contributed by atoms with Crippen molar-refractivity contribution < 1.29 is 0 Å². The topological polar surface area (TPSA) is 43.8 Å². The van der Waals surface area contributed by atoms with E-state index in [0.29, 0.717) is 5.92 Å². The Morgan fingerprint density at radius 3 is 2.92 bits per heavy atom. The highest BCUT2D eigenvalue weighted by molar-refractivity contribution is 5.03. The van der Waals surface area contributed by atoms with Gasteiger partial charge in [0.1, 0.15) is 0 Å². The number of nitrogens with two attached hydrogens (primary N) is 1. The fourth-order valence-electron chi connectivity index (χ4n) is 1.13. The number of hydrogen-bond donors (Lipinski definition) is 1. The molecule has 0 saturated carbocycles. The quantitative estimate of drug-likeness (QED) is 0.725. The standard InChI is InChI=1S/C9H17N3/c1-8(5-10)3-4-9-6-11-12(2)7-9/h6-8H,3-5,10H2,1-2H3. The zero-order valence-corrected chi connectivity index (χ0v) is 7.83. The van der Waals surface area contributed by atoms with E-state index in [1.165, 1.54) is 5.56 Å². The Bertz CT molecular complexity index is 229. The van der Waals surface area contributed by atoms with Gasteiger partial charge in [-0.3, -0.25) is 4.68 Å². The van der Waals surface area contributed by atoms with E-state index in [1.807, 2.05) is 17.9 Å². The molecule has 0 saturated heterocycles. The molecular formula is C9H17N3. The van der Waals surface area contributed by atoms with Gasteiger partial charge in [0.25, 0.3) is 0 Å². The molecule has 12 heavy (non-hydrogen) atoms. The number of aromatic nitrogens is 2. The molecular weight excluding hydrogens is 150 g/mol. The van der Waals surface area contributed by atoms with Crippen LogP contribution in [0.5, 0.6) is 0 Å². The van der Waals surface area contributed by atoms with Gasteiger partial charge in [-0.25, -0.2) is 0 Å². The Balaban J connectivity index is 2.33. The molecule has 0 aliphatic carbocycles. The minimum atomic E-state index is 0.616. The van der Waals surface area contributed by atoms with E-state index in [4.69, 9.17) is 5.73 Å². The van der Waals surface area contributed by atoms with E-state index in [-0.39, 0.29) is 0 Å². The molecule has 0 aliphatic heterocycles. The molecule has 1 unspecified atom stereocenters. The van der Waals surface area contributed by atoms with Crippen LogP contribution >= 0.6 is 0 Å². The molecule has 0 bridgehead atoms. The molecule has 0 aromatic carbocycles. The predicted octanol–water partition coefficient (Wildman–Crippen LogP) is 0.947. The predicted molar refractivity (Wildman–Crippen MR) is 49.7 cm³/mol. The smallest absolute Gasteiger partial charge is 0.0521 e. The maximum absolute atomic E-state index is 5.52. The van der Waals surface area contributed by atoms with Crippen LogP contribution in [-0.2, 0) is 13.5 Å². The van der Waals surface area contributed by atoms with Gasteiger partial charge in [-0.15, -0.1) is 0 Å². The second-order valence-corrected chi connectivity index (χ2v) is 3.40. The fraction of sp³-hybridized carbons (Fsp3) is 0.667. The van der Waals surface area contributed by atoms with Crippen molar-refractivity contribution in [3.05, 3.63) is 18.0 Å². The van der Waals surface area contributed by atoms with Crippen LogP contribution in [0.2, 0.25) is 0 Å². The average molecular weight is 167 g/mol. The van der Waals surface area contributed by atoms with E-state index in [0.717, 1.165) is 19.4 Å². The molecule has 1 heterocycles. The number of aryl methyl sites for hydroxylation is 2. The molecule has 0 aliphatic rings. The Morgan fingerprint density at radius 2 is 2.42 bits per heavy atom. The van der Waals surface area contributed by atoms with E-state index >= 15 is 0 Å². The highest BCUT2D eigenvalue weighted by Gasteiger charge is 2.01. The fourth-order valence-corrected chi connectivity index (χ4v) is 1.13. The molecule has 1 aromatic heterocycles. The van der Waals surface area contributed by atoms with Crippen LogP contribution in [0.1, 0.15) is 18.9 Å². The maximum Gasteiger partial charge on any atom is 0.0521 e. The lowest BCUT2D eigenvalue weighted by atomic mass is 10.0. The van der Waals surface area contributed by atoms with Gasteiger partial charge in [0.15, 0.2) is 0 Å². The van der Waals surface area contributed by atoms with E-state index in [1.54, 1.807) is 0 Å². The van der Waals surface area contributed by atoms with Crippen LogP contribution < -0.4 is 5.73 Å². The highest BCUT2D eigenvalue weighted by Crippen LogP contribution is 2.06. The lowest BCUT2D eigenvalue weighted by molar-refractivity contribution is 0.544. The molecule has 0 amide bonds. The van der Waals surface area contributed by atoms with Gasteiger partial charge in [-0.2, -0.15) is 5.10 Å². The van der Waals surface area contributed by atoms with Gasteiger partial charge in [-0.05, 0) is 30.9 Å². The second-order valence-electron chi connectivity index (χ2n) is 3.40. The van der Waals surface area contributed by atoms with Gasteiger partial charge >= 0.3 is 0 Å². The summed E-state index contributed by atoms with van der Waals surface area (Å²) in [7, 11) is 1.94. The molecule has 1 aromatic rings. The lowest BCUT2D eigenvalue weighted by Gasteiger charge is -2.05. The van der Waals surface area contributed by atoms with Gasteiger partial charge in [0.05, 0.1) is 6.20 Å². The molecule has 2 N–H and O–H groups in total. The number of nitrogens with zero attached hydrogens (tertiary/aromatic N) is 2. The summed E-state index contributed by atoms with van der Waals surface area (Å²) in [5.74, 6) is 0.616. The van der Waals surface area contributed by atoms with Gasteiger partial charge in [0, 0.05) is 13.2 Å². The highest BCUT2D eigenvalue weighted by atomic mass is 15.2. The Kier molecular flexibility index (Phi) is 3.29. The van der Waals surface area contributed by atoms with Gasteiger partial charge in [0.2, 0.25) is 0 Å². The summed E-state index contributed by atoms with van der Waals surface area (Å²) < 4.78 is 1.84. The van der Waals surface area contributed by atoms with Crippen molar-refractivity contribution in [2.45, 2.75) is 19.8 Å². The Morgan fingerprint density at radius 1 is 1.67 bits per heavy atom. The summed E-state index contributed by atoms with van der Waals surface area (Å²) in [4.78, 5) is 0. The van der Waals surface area contributed by atoms with Crippen molar-refractivity contribution in [1.82, 2.24) is 9.78 Å².